The van der Waals surface area contributed by atoms with Gasteiger partial charge in [-0.1, -0.05) is 6.07 Å². The van der Waals surface area contributed by atoms with E-state index in [0.29, 0.717) is 0 Å². The first-order chi connectivity index (χ1) is 18.0. The summed E-state index contributed by atoms with van der Waals surface area (Å²) in [4.78, 5) is 20.8. The molecule has 0 radical (unpaired) electrons. The Kier molecular flexibility index (Phi) is 8.25. The Hall–Kier alpha value is -4.53. The first-order valence-electron chi connectivity index (χ1n) is 11.8. The van der Waals surface area contributed by atoms with Gasteiger partial charge in [0.05, 0.1) is 11.1 Å². The van der Waals surface area contributed by atoms with Crippen LogP contribution in [-0.4, -0.2) is 22.2 Å². The third kappa shape index (κ3) is 5.66. The Morgan fingerprint density at radius 2 is 0.676 bits per heavy atom. The molecule has 0 bridgehead atoms. The van der Waals surface area contributed by atoms with Gasteiger partial charge in [-0.05, 0) is 18.2 Å². The summed E-state index contributed by atoms with van der Waals surface area (Å²) in [5.74, 6) is -2.25. The van der Waals surface area contributed by atoms with Crippen LogP contribution in [0.3, 0.4) is 0 Å². The Morgan fingerprint density at radius 3 is 0.919 bits per heavy atom. The van der Waals surface area contributed by atoms with Crippen molar-refractivity contribution in [1.82, 2.24) is 0 Å². The molecule has 0 aliphatic carbocycles. The molecule has 0 amide bonds. The Morgan fingerprint density at radius 1 is 0.405 bits per heavy atom. The number of hydrogen-bond acceptors (Lipinski definition) is 2. The van der Waals surface area contributed by atoms with Crippen molar-refractivity contribution in [3.05, 3.63) is 157 Å². The number of carboxylic acid groups (broad SMARTS) is 2. The van der Waals surface area contributed by atoms with E-state index in [1.165, 1.54) is 39.4 Å². The predicted octanol–water partition coefficient (Wildman–Crippen LogP) is 5.12. The SMILES string of the molecule is O=C(O)c1cccc(C(=O)O)c1.c1ccc([PH](c2ccccc2)(c2ccccc2)c2ccccc2)cc1. The normalized spacial score (nSPS) is 11.0. The number of aromatic carboxylic acids is 2. The molecule has 0 saturated carbocycles. The van der Waals surface area contributed by atoms with Gasteiger partial charge in [-0.25, -0.2) is 9.59 Å². The van der Waals surface area contributed by atoms with Crippen molar-refractivity contribution in [3.8, 4) is 0 Å². The zero-order valence-corrected chi connectivity index (χ0v) is 21.1. The summed E-state index contributed by atoms with van der Waals surface area (Å²) in [6.07, 6.45) is 0. The maximum absolute atomic E-state index is 10.4. The van der Waals surface area contributed by atoms with Crippen molar-refractivity contribution >= 4 is 40.4 Å². The van der Waals surface area contributed by atoms with Gasteiger partial charge in [0, 0.05) is 0 Å². The average molecular weight is 507 g/mol. The van der Waals surface area contributed by atoms with E-state index in [1.807, 2.05) is 0 Å². The number of carbonyl (C=O) groups is 2. The minimum atomic E-state index is -2.30. The van der Waals surface area contributed by atoms with Crippen molar-refractivity contribution in [3.63, 3.8) is 0 Å². The van der Waals surface area contributed by atoms with Gasteiger partial charge in [0.15, 0.2) is 0 Å². The number of hydrogen-bond donors (Lipinski definition) is 2. The predicted molar refractivity (Wildman–Crippen MR) is 153 cm³/mol. The minimum absolute atomic E-state index is 0.0186. The molecule has 5 heteroatoms. The standard InChI is InChI=1S/C24H21P.C8H6O4/c1-5-13-21(14-6-1)25(22-15-7-2-8-16-22,23-17-9-3-10-18-23)24-19-11-4-12-20-24;9-7(10)5-2-1-3-6(4-5)8(11)12/h1-20,25H;1-4H,(H,9,10)(H,11,12). The third-order valence-corrected chi connectivity index (χ3v) is 11.0. The molecule has 0 aromatic heterocycles. The van der Waals surface area contributed by atoms with Gasteiger partial charge < -0.3 is 10.2 Å². The van der Waals surface area contributed by atoms with Gasteiger partial charge in [-0.3, -0.25) is 0 Å². The van der Waals surface area contributed by atoms with E-state index in [-0.39, 0.29) is 11.1 Å². The first-order valence-corrected chi connectivity index (χ1v) is 13.8. The quantitative estimate of drug-likeness (QED) is 0.314. The summed E-state index contributed by atoms with van der Waals surface area (Å²) in [6, 6.07) is 49.2. The van der Waals surface area contributed by atoms with Crippen LogP contribution in [0, 0.1) is 0 Å². The molecular formula is C32H27O4P. The molecule has 5 aromatic rings. The van der Waals surface area contributed by atoms with Gasteiger partial charge in [-0.2, -0.15) is 0 Å². The van der Waals surface area contributed by atoms with Gasteiger partial charge in [0.25, 0.3) is 0 Å². The van der Waals surface area contributed by atoms with Crippen LogP contribution in [-0.2, 0) is 0 Å². The van der Waals surface area contributed by atoms with Gasteiger partial charge in [0.2, 0.25) is 0 Å². The topological polar surface area (TPSA) is 74.6 Å². The van der Waals surface area contributed by atoms with Crippen LogP contribution in [0.25, 0.3) is 0 Å². The van der Waals surface area contributed by atoms with Crippen LogP contribution in [0.2, 0.25) is 0 Å². The molecule has 0 heterocycles. The first kappa shape index (κ1) is 25.6. The molecular weight excluding hydrogens is 479 g/mol. The molecule has 0 aliphatic heterocycles. The van der Waals surface area contributed by atoms with Crippen LogP contribution in [0.4, 0.5) is 0 Å². The molecule has 184 valence electrons. The summed E-state index contributed by atoms with van der Waals surface area (Å²) in [5, 5.41) is 22.7. The Labute approximate surface area is 216 Å². The van der Waals surface area contributed by atoms with Gasteiger partial charge in [-0.15, -0.1) is 0 Å². The van der Waals surface area contributed by atoms with E-state index >= 15 is 0 Å². The molecule has 2 N–H and O–H groups in total. The molecule has 0 fully saturated rings. The van der Waals surface area contributed by atoms with Crippen molar-refractivity contribution in [2.24, 2.45) is 0 Å². The van der Waals surface area contributed by atoms with Crippen LogP contribution < -0.4 is 21.2 Å². The number of rotatable bonds is 6. The summed E-state index contributed by atoms with van der Waals surface area (Å²) in [5.41, 5.74) is -0.0372. The average Bonchev–Trinajstić information content (AvgIpc) is 2.96. The van der Waals surface area contributed by atoms with Crippen molar-refractivity contribution in [2.75, 3.05) is 0 Å². The van der Waals surface area contributed by atoms with Crippen LogP contribution in [0.15, 0.2) is 146 Å². The second-order valence-electron chi connectivity index (χ2n) is 8.41. The fourth-order valence-corrected chi connectivity index (χ4v) is 9.31. The van der Waals surface area contributed by atoms with E-state index in [9.17, 15) is 9.59 Å². The molecule has 4 nitrogen and oxygen atoms in total. The number of carboxylic acids is 2. The molecule has 0 saturated heterocycles. The van der Waals surface area contributed by atoms with Crippen LogP contribution in [0.5, 0.6) is 0 Å². The van der Waals surface area contributed by atoms with E-state index in [2.05, 4.69) is 121 Å². The van der Waals surface area contributed by atoms with Crippen LogP contribution >= 0.6 is 7.26 Å². The molecule has 0 aliphatic rings. The van der Waals surface area contributed by atoms with E-state index in [0.717, 1.165) is 6.07 Å². The third-order valence-electron chi connectivity index (χ3n) is 6.18. The second kappa shape index (κ2) is 11.9. The molecule has 0 atom stereocenters. The second-order valence-corrected chi connectivity index (χ2v) is 12.2. The Balaban J connectivity index is 0.000000225. The van der Waals surface area contributed by atoms with Crippen molar-refractivity contribution in [2.45, 2.75) is 0 Å². The van der Waals surface area contributed by atoms with Crippen LogP contribution in [0.1, 0.15) is 20.7 Å². The molecule has 0 spiro atoms. The van der Waals surface area contributed by atoms with E-state index in [4.69, 9.17) is 10.2 Å². The van der Waals surface area contributed by atoms with E-state index < -0.39 is 19.2 Å². The monoisotopic (exact) mass is 506 g/mol. The number of benzene rings is 5. The van der Waals surface area contributed by atoms with Crippen molar-refractivity contribution < 1.29 is 19.8 Å². The molecule has 0 unspecified atom stereocenters. The van der Waals surface area contributed by atoms with E-state index in [1.54, 1.807) is 0 Å². The molecule has 37 heavy (non-hydrogen) atoms. The summed E-state index contributed by atoms with van der Waals surface area (Å²) in [6.45, 7) is 0. The maximum atomic E-state index is 10.4. The fourth-order valence-electron chi connectivity index (χ4n) is 4.54. The summed E-state index contributed by atoms with van der Waals surface area (Å²) >= 11 is 0. The molecule has 5 aromatic carbocycles. The van der Waals surface area contributed by atoms with Gasteiger partial charge >= 0.3 is 162 Å². The van der Waals surface area contributed by atoms with Crippen molar-refractivity contribution in [1.29, 1.82) is 0 Å². The van der Waals surface area contributed by atoms with Gasteiger partial charge in [0.1, 0.15) is 0 Å². The Bertz CT molecular complexity index is 1260. The molecule has 5 rings (SSSR count). The fraction of sp³-hybridized carbons (Fsp3) is 0. The zero-order valence-electron chi connectivity index (χ0n) is 20.1. The summed E-state index contributed by atoms with van der Waals surface area (Å²) < 4.78 is 0. The zero-order chi connectivity index (χ0) is 26.1. The summed E-state index contributed by atoms with van der Waals surface area (Å²) in [7, 11) is -2.30.